The van der Waals surface area contributed by atoms with Crippen LogP contribution in [0.15, 0.2) is 6.20 Å². The Balaban J connectivity index is 0. The second kappa shape index (κ2) is 5.27. The van der Waals surface area contributed by atoms with E-state index in [4.69, 9.17) is 5.73 Å². The Bertz CT molecular complexity index is 197. The maximum atomic E-state index is 5.55. The highest BCUT2D eigenvalue weighted by Crippen LogP contribution is 2.16. The number of nitrogens with zero attached hydrogens (tertiary/aromatic N) is 1. The van der Waals surface area contributed by atoms with Crippen LogP contribution in [0.2, 0.25) is 0 Å². The number of anilines is 1. The predicted molar refractivity (Wildman–Crippen MR) is 51.6 cm³/mol. The average molecular weight is 198 g/mol. The summed E-state index contributed by atoms with van der Waals surface area (Å²) in [7, 11) is 0. The number of H-pyrrole nitrogens is 1. The molecule has 0 aromatic carbocycles. The summed E-state index contributed by atoms with van der Waals surface area (Å²) in [4.78, 5) is 0. The number of aromatic amines is 1. The van der Waals surface area contributed by atoms with Crippen LogP contribution >= 0.6 is 24.8 Å². The number of nitrogen functional groups attached to an aromatic ring is 1. The van der Waals surface area contributed by atoms with E-state index in [9.17, 15) is 0 Å². The first kappa shape index (κ1) is 13.2. The third kappa shape index (κ3) is 2.99. The Morgan fingerprint density at radius 3 is 2.18 bits per heavy atom. The summed E-state index contributed by atoms with van der Waals surface area (Å²) in [6, 6.07) is 0. The van der Waals surface area contributed by atoms with Crippen LogP contribution in [0.25, 0.3) is 0 Å². The molecule has 0 fully saturated rings. The van der Waals surface area contributed by atoms with Crippen LogP contribution in [0.3, 0.4) is 0 Å². The van der Waals surface area contributed by atoms with E-state index >= 15 is 0 Å². The Hall–Kier alpha value is -0.410. The SMILES string of the molecule is CC(C)c1n[nH]cc1N.Cl.Cl. The van der Waals surface area contributed by atoms with Gasteiger partial charge in [-0.15, -0.1) is 24.8 Å². The van der Waals surface area contributed by atoms with Crippen molar-refractivity contribution in [2.45, 2.75) is 19.8 Å². The van der Waals surface area contributed by atoms with Gasteiger partial charge in [-0.1, -0.05) is 13.8 Å². The number of nitrogens with two attached hydrogens (primary N) is 1. The molecule has 0 aliphatic heterocycles. The molecule has 11 heavy (non-hydrogen) atoms. The molecule has 1 rings (SSSR count). The van der Waals surface area contributed by atoms with Gasteiger partial charge in [-0.25, -0.2) is 0 Å². The second-order valence-electron chi connectivity index (χ2n) is 2.38. The smallest absolute Gasteiger partial charge is 0.0876 e. The van der Waals surface area contributed by atoms with Gasteiger partial charge in [0.2, 0.25) is 0 Å². The molecule has 0 radical (unpaired) electrons. The summed E-state index contributed by atoms with van der Waals surface area (Å²) in [5.74, 6) is 0.413. The molecule has 0 spiro atoms. The molecule has 0 amide bonds. The molecular formula is C6H13Cl2N3. The van der Waals surface area contributed by atoms with E-state index in [1.165, 1.54) is 0 Å². The number of hydrogen-bond acceptors (Lipinski definition) is 2. The summed E-state index contributed by atoms with van der Waals surface area (Å²) in [5, 5.41) is 6.67. The Kier molecular flexibility index (Phi) is 6.32. The molecule has 0 atom stereocenters. The zero-order valence-corrected chi connectivity index (χ0v) is 8.13. The third-order valence-electron chi connectivity index (χ3n) is 1.25. The number of rotatable bonds is 1. The maximum absolute atomic E-state index is 5.55. The summed E-state index contributed by atoms with van der Waals surface area (Å²) in [6.45, 7) is 4.12. The standard InChI is InChI=1S/C6H11N3.2ClH/c1-4(2)6-5(7)3-8-9-6;;/h3-4H,7H2,1-2H3,(H,8,9);2*1H. The first-order chi connectivity index (χ1) is 4.22. The fourth-order valence-corrected chi connectivity index (χ4v) is 0.772. The molecule has 0 saturated heterocycles. The average Bonchev–Trinajstić information content (AvgIpc) is 2.13. The van der Waals surface area contributed by atoms with Crippen molar-refractivity contribution in [3.63, 3.8) is 0 Å². The molecule has 0 bridgehead atoms. The van der Waals surface area contributed by atoms with E-state index in [0.717, 1.165) is 11.4 Å². The topological polar surface area (TPSA) is 54.7 Å². The minimum absolute atomic E-state index is 0. The largest absolute Gasteiger partial charge is 0.396 e. The molecule has 0 saturated carbocycles. The molecule has 3 nitrogen and oxygen atoms in total. The van der Waals surface area contributed by atoms with Crippen LogP contribution in [-0.2, 0) is 0 Å². The molecule has 1 heterocycles. The lowest BCUT2D eigenvalue weighted by Crippen LogP contribution is -1.93. The van der Waals surface area contributed by atoms with Crippen molar-refractivity contribution < 1.29 is 0 Å². The first-order valence-corrected chi connectivity index (χ1v) is 3.01. The van der Waals surface area contributed by atoms with E-state index in [-0.39, 0.29) is 24.8 Å². The van der Waals surface area contributed by atoms with Gasteiger partial charge < -0.3 is 5.73 Å². The van der Waals surface area contributed by atoms with E-state index < -0.39 is 0 Å². The highest BCUT2D eigenvalue weighted by atomic mass is 35.5. The summed E-state index contributed by atoms with van der Waals surface area (Å²) in [6.07, 6.45) is 1.70. The molecular weight excluding hydrogens is 185 g/mol. The van der Waals surface area contributed by atoms with Crippen LogP contribution in [-0.4, -0.2) is 10.2 Å². The summed E-state index contributed by atoms with van der Waals surface area (Å²) in [5.41, 5.74) is 7.26. The summed E-state index contributed by atoms with van der Waals surface area (Å²) >= 11 is 0. The van der Waals surface area contributed by atoms with Crippen LogP contribution in [0, 0.1) is 0 Å². The Morgan fingerprint density at radius 2 is 2.00 bits per heavy atom. The van der Waals surface area contributed by atoms with Gasteiger partial charge in [-0.2, -0.15) is 5.10 Å². The van der Waals surface area contributed by atoms with Gasteiger partial charge in [-0.05, 0) is 5.92 Å². The van der Waals surface area contributed by atoms with Gasteiger partial charge in [0.15, 0.2) is 0 Å². The number of halogens is 2. The highest BCUT2D eigenvalue weighted by Gasteiger charge is 2.04. The molecule has 0 unspecified atom stereocenters. The minimum Gasteiger partial charge on any atom is -0.396 e. The summed E-state index contributed by atoms with van der Waals surface area (Å²) < 4.78 is 0. The van der Waals surface area contributed by atoms with Crippen molar-refractivity contribution in [3.05, 3.63) is 11.9 Å². The van der Waals surface area contributed by atoms with Crippen molar-refractivity contribution in [1.29, 1.82) is 0 Å². The van der Waals surface area contributed by atoms with E-state index in [2.05, 4.69) is 24.0 Å². The minimum atomic E-state index is 0. The number of hydrogen-bond donors (Lipinski definition) is 2. The van der Waals surface area contributed by atoms with Crippen molar-refractivity contribution in [1.82, 2.24) is 10.2 Å². The Labute approximate surface area is 78.6 Å². The van der Waals surface area contributed by atoms with Gasteiger partial charge in [0.05, 0.1) is 11.4 Å². The maximum Gasteiger partial charge on any atom is 0.0876 e. The van der Waals surface area contributed by atoms with E-state index in [1.807, 2.05) is 0 Å². The molecule has 66 valence electrons. The fourth-order valence-electron chi connectivity index (χ4n) is 0.772. The van der Waals surface area contributed by atoms with Gasteiger partial charge in [0.1, 0.15) is 0 Å². The zero-order valence-electron chi connectivity index (χ0n) is 6.50. The number of nitrogens with one attached hydrogen (secondary N) is 1. The van der Waals surface area contributed by atoms with Crippen LogP contribution < -0.4 is 5.73 Å². The normalized spacial score (nSPS) is 8.64. The quantitative estimate of drug-likeness (QED) is 0.724. The molecule has 3 N–H and O–H groups in total. The molecule has 1 aromatic heterocycles. The van der Waals surface area contributed by atoms with E-state index in [1.54, 1.807) is 6.20 Å². The molecule has 0 aliphatic rings. The lowest BCUT2D eigenvalue weighted by molar-refractivity contribution is 0.813. The van der Waals surface area contributed by atoms with Crippen LogP contribution in [0.4, 0.5) is 5.69 Å². The zero-order chi connectivity index (χ0) is 6.85. The van der Waals surface area contributed by atoms with Crippen molar-refractivity contribution in [2.75, 3.05) is 5.73 Å². The first-order valence-electron chi connectivity index (χ1n) is 3.01. The van der Waals surface area contributed by atoms with Gasteiger partial charge in [0.25, 0.3) is 0 Å². The highest BCUT2D eigenvalue weighted by molar-refractivity contribution is 5.85. The lowest BCUT2D eigenvalue weighted by Gasteiger charge is -1.98. The van der Waals surface area contributed by atoms with Crippen molar-refractivity contribution in [3.8, 4) is 0 Å². The number of aromatic nitrogens is 2. The third-order valence-corrected chi connectivity index (χ3v) is 1.25. The van der Waals surface area contributed by atoms with Crippen molar-refractivity contribution in [2.24, 2.45) is 0 Å². The van der Waals surface area contributed by atoms with Crippen molar-refractivity contribution >= 4 is 30.5 Å². The molecule has 0 aliphatic carbocycles. The monoisotopic (exact) mass is 197 g/mol. The molecule has 1 aromatic rings. The van der Waals surface area contributed by atoms with Crippen LogP contribution in [0.5, 0.6) is 0 Å². The van der Waals surface area contributed by atoms with Crippen LogP contribution in [0.1, 0.15) is 25.5 Å². The van der Waals surface area contributed by atoms with Gasteiger partial charge in [-0.3, -0.25) is 5.10 Å². The fraction of sp³-hybridized carbons (Fsp3) is 0.500. The predicted octanol–water partition coefficient (Wildman–Crippen LogP) is 1.96. The van der Waals surface area contributed by atoms with E-state index in [0.29, 0.717) is 5.92 Å². The van der Waals surface area contributed by atoms with Gasteiger partial charge >= 0.3 is 0 Å². The van der Waals surface area contributed by atoms with Gasteiger partial charge in [0, 0.05) is 6.20 Å². The molecule has 5 heteroatoms. The second-order valence-corrected chi connectivity index (χ2v) is 2.38. The lowest BCUT2D eigenvalue weighted by atomic mass is 10.1. The Morgan fingerprint density at radius 1 is 1.45 bits per heavy atom.